The Kier molecular flexibility index (Phi) is 3.74. The molecule has 1 aromatic carbocycles. The fraction of sp³-hybridized carbons (Fsp3) is 0.429. The lowest BCUT2D eigenvalue weighted by Gasteiger charge is -2.17. The third kappa shape index (κ3) is 2.54. The van der Waals surface area contributed by atoms with Gasteiger partial charge in [0.25, 0.3) is 0 Å². The Bertz CT molecular complexity index is 615. The van der Waals surface area contributed by atoms with Crippen LogP contribution in [0.1, 0.15) is 36.9 Å². The molecular formula is C14H20N4O. The predicted octanol–water partition coefficient (Wildman–Crippen LogP) is 2.74. The molecule has 0 fully saturated rings. The van der Waals surface area contributed by atoms with Crippen molar-refractivity contribution in [1.29, 1.82) is 0 Å². The molecule has 5 nitrogen and oxygen atoms in total. The van der Waals surface area contributed by atoms with E-state index < -0.39 is 0 Å². The van der Waals surface area contributed by atoms with Crippen LogP contribution in [0.4, 0.5) is 0 Å². The molecule has 19 heavy (non-hydrogen) atoms. The van der Waals surface area contributed by atoms with Crippen molar-refractivity contribution in [2.75, 3.05) is 0 Å². The number of oxime groups is 1. The minimum atomic E-state index is 0.156. The Morgan fingerprint density at radius 1 is 1.42 bits per heavy atom. The van der Waals surface area contributed by atoms with E-state index in [9.17, 15) is 0 Å². The normalized spacial score (nSPS) is 13.9. The summed E-state index contributed by atoms with van der Waals surface area (Å²) in [6, 6.07) is 4.40. The Balaban J connectivity index is 2.46. The summed E-state index contributed by atoms with van der Waals surface area (Å²) < 4.78 is 2.11. The van der Waals surface area contributed by atoms with Crippen LogP contribution >= 0.6 is 0 Å². The molecule has 0 aliphatic heterocycles. The Labute approximate surface area is 112 Å². The second-order valence-electron chi connectivity index (χ2n) is 4.93. The first-order chi connectivity index (χ1) is 9.06. The number of hydrogen-bond donors (Lipinski definition) is 2. The van der Waals surface area contributed by atoms with Crippen molar-refractivity contribution >= 4 is 16.9 Å². The lowest BCUT2D eigenvalue weighted by molar-refractivity contribution is 0.315. The van der Waals surface area contributed by atoms with Crippen LogP contribution in [-0.2, 0) is 0 Å². The molecule has 2 rings (SSSR count). The number of benzene rings is 1. The Morgan fingerprint density at radius 3 is 2.74 bits per heavy atom. The third-order valence-electron chi connectivity index (χ3n) is 3.63. The summed E-state index contributed by atoms with van der Waals surface area (Å²) in [5, 5.41) is 11.8. The number of hydrogen-bond acceptors (Lipinski definition) is 3. The third-order valence-corrected chi connectivity index (χ3v) is 3.63. The van der Waals surface area contributed by atoms with Gasteiger partial charge < -0.3 is 15.5 Å². The van der Waals surface area contributed by atoms with E-state index in [0.29, 0.717) is 6.42 Å². The zero-order valence-electron chi connectivity index (χ0n) is 11.6. The van der Waals surface area contributed by atoms with E-state index in [1.54, 1.807) is 0 Å². The largest absolute Gasteiger partial charge is 0.409 e. The van der Waals surface area contributed by atoms with Gasteiger partial charge in [-0.15, -0.1) is 0 Å². The second kappa shape index (κ2) is 5.30. The van der Waals surface area contributed by atoms with Crippen LogP contribution in [0.5, 0.6) is 0 Å². The van der Waals surface area contributed by atoms with E-state index in [2.05, 4.69) is 47.6 Å². The van der Waals surface area contributed by atoms with Gasteiger partial charge in [0.05, 0.1) is 17.4 Å². The molecule has 1 aromatic heterocycles. The number of aryl methyl sites for hydroxylation is 2. The standard InChI is InChI=1S/C14H20N4O/c1-4-11(7-14(15)17-19)18-8-16-12-5-9(2)10(3)6-13(12)18/h5-6,8,11,19H,4,7H2,1-3H3,(H2,15,17). The van der Waals surface area contributed by atoms with Crippen LogP contribution in [0.2, 0.25) is 0 Å². The van der Waals surface area contributed by atoms with Gasteiger partial charge in [0, 0.05) is 12.5 Å². The molecule has 0 aliphatic carbocycles. The maximum atomic E-state index is 8.71. The summed E-state index contributed by atoms with van der Waals surface area (Å²) in [4.78, 5) is 4.44. The molecule has 1 heterocycles. The van der Waals surface area contributed by atoms with Crippen molar-refractivity contribution in [2.24, 2.45) is 10.9 Å². The average molecular weight is 260 g/mol. The lowest BCUT2D eigenvalue weighted by Crippen LogP contribution is -2.19. The molecule has 3 N–H and O–H groups in total. The van der Waals surface area contributed by atoms with Gasteiger partial charge in [0.15, 0.2) is 0 Å². The molecule has 0 saturated carbocycles. The number of rotatable bonds is 4. The van der Waals surface area contributed by atoms with Crippen molar-refractivity contribution in [1.82, 2.24) is 9.55 Å². The van der Waals surface area contributed by atoms with Gasteiger partial charge in [-0.1, -0.05) is 12.1 Å². The Hall–Kier alpha value is -2.04. The van der Waals surface area contributed by atoms with Crippen molar-refractivity contribution in [2.45, 2.75) is 39.7 Å². The van der Waals surface area contributed by atoms with E-state index in [-0.39, 0.29) is 11.9 Å². The number of imidazole rings is 1. The lowest BCUT2D eigenvalue weighted by atomic mass is 10.1. The zero-order chi connectivity index (χ0) is 14.0. The van der Waals surface area contributed by atoms with Crippen molar-refractivity contribution in [3.63, 3.8) is 0 Å². The summed E-state index contributed by atoms with van der Waals surface area (Å²) in [7, 11) is 0. The molecule has 1 atom stereocenters. The summed E-state index contributed by atoms with van der Waals surface area (Å²) >= 11 is 0. The molecule has 0 bridgehead atoms. The van der Waals surface area contributed by atoms with Crippen LogP contribution in [0.25, 0.3) is 11.0 Å². The molecule has 0 amide bonds. The highest BCUT2D eigenvalue weighted by Gasteiger charge is 2.14. The monoisotopic (exact) mass is 260 g/mol. The first kappa shape index (κ1) is 13.4. The predicted molar refractivity (Wildman–Crippen MR) is 76.6 cm³/mol. The SMILES string of the molecule is CCC(C/C(N)=N/O)n1cnc2cc(C)c(C)cc21. The summed E-state index contributed by atoms with van der Waals surface area (Å²) in [6.45, 7) is 6.26. The number of nitrogens with two attached hydrogens (primary N) is 1. The van der Waals surface area contributed by atoms with E-state index in [1.807, 2.05) is 6.33 Å². The molecule has 102 valence electrons. The van der Waals surface area contributed by atoms with E-state index in [1.165, 1.54) is 11.1 Å². The molecule has 0 radical (unpaired) electrons. The fourth-order valence-corrected chi connectivity index (χ4v) is 2.30. The molecule has 1 unspecified atom stereocenters. The average Bonchev–Trinajstić information content (AvgIpc) is 2.79. The van der Waals surface area contributed by atoms with Crippen LogP contribution in [0.15, 0.2) is 23.6 Å². The smallest absolute Gasteiger partial charge is 0.141 e. The van der Waals surface area contributed by atoms with Crippen molar-refractivity contribution in [3.8, 4) is 0 Å². The van der Waals surface area contributed by atoms with Crippen LogP contribution in [0.3, 0.4) is 0 Å². The van der Waals surface area contributed by atoms with Crippen molar-refractivity contribution < 1.29 is 5.21 Å². The summed E-state index contributed by atoms with van der Waals surface area (Å²) in [6.07, 6.45) is 3.25. The second-order valence-corrected chi connectivity index (χ2v) is 4.93. The highest BCUT2D eigenvalue weighted by molar-refractivity contribution is 5.81. The van der Waals surface area contributed by atoms with Gasteiger partial charge in [-0.25, -0.2) is 4.98 Å². The molecule has 2 aromatic rings. The van der Waals surface area contributed by atoms with Gasteiger partial charge in [-0.3, -0.25) is 0 Å². The molecule has 5 heteroatoms. The first-order valence-electron chi connectivity index (χ1n) is 6.47. The van der Waals surface area contributed by atoms with Gasteiger partial charge in [0.1, 0.15) is 5.84 Å². The fourth-order valence-electron chi connectivity index (χ4n) is 2.30. The topological polar surface area (TPSA) is 76.4 Å². The van der Waals surface area contributed by atoms with Crippen LogP contribution in [-0.4, -0.2) is 20.6 Å². The maximum Gasteiger partial charge on any atom is 0.141 e. The summed E-state index contributed by atoms with van der Waals surface area (Å²) in [5.41, 5.74) is 10.2. The first-order valence-corrected chi connectivity index (χ1v) is 6.47. The quantitative estimate of drug-likeness (QED) is 0.384. The zero-order valence-corrected chi connectivity index (χ0v) is 11.6. The van der Waals surface area contributed by atoms with Gasteiger partial charge in [0.2, 0.25) is 0 Å². The van der Waals surface area contributed by atoms with Crippen LogP contribution in [0, 0.1) is 13.8 Å². The number of aromatic nitrogens is 2. The molecular weight excluding hydrogens is 240 g/mol. The highest BCUT2D eigenvalue weighted by Crippen LogP contribution is 2.24. The van der Waals surface area contributed by atoms with Gasteiger partial charge in [-0.2, -0.15) is 0 Å². The van der Waals surface area contributed by atoms with Crippen molar-refractivity contribution in [3.05, 3.63) is 29.6 Å². The molecule has 0 saturated heterocycles. The minimum absolute atomic E-state index is 0.156. The number of amidine groups is 1. The number of fused-ring (bicyclic) bond motifs is 1. The van der Waals surface area contributed by atoms with Crippen LogP contribution < -0.4 is 5.73 Å². The molecule has 0 spiro atoms. The number of nitrogens with zero attached hydrogens (tertiary/aromatic N) is 3. The Morgan fingerprint density at radius 2 is 2.11 bits per heavy atom. The van der Waals surface area contributed by atoms with E-state index >= 15 is 0 Å². The molecule has 0 aliphatic rings. The highest BCUT2D eigenvalue weighted by atomic mass is 16.4. The van der Waals surface area contributed by atoms with E-state index in [0.717, 1.165) is 17.5 Å². The van der Waals surface area contributed by atoms with Gasteiger partial charge >= 0.3 is 0 Å². The summed E-state index contributed by atoms with van der Waals surface area (Å²) in [5.74, 6) is 0.248. The van der Waals surface area contributed by atoms with E-state index in [4.69, 9.17) is 10.9 Å². The van der Waals surface area contributed by atoms with Gasteiger partial charge in [-0.05, 0) is 43.5 Å². The minimum Gasteiger partial charge on any atom is -0.409 e. The maximum absolute atomic E-state index is 8.71.